The predicted octanol–water partition coefficient (Wildman–Crippen LogP) is 1.86. The molecule has 1 N–H and O–H groups in total. The van der Waals surface area contributed by atoms with Gasteiger partial charge in [0.05, 0.1) is 22.4 Å². The highest BCUT2D eigenvalue weighted by atomic mass is 16.2. The van der Waals surface area contributed by atoms with Crippen molar-refractivity contribution in [2.75, 3.05) is 24.3 Å². The van der Waals surface area contributed by atoms with E-state index < -0.39 is 11.1 Å². The molecule has 140 valence electrons. The number of hydrogen-bond acceptors (Lipinski definition) is 4. The van der Waals surface area contributed by atoms with E-state index in [1.54, 1.807) is 32.3 Å². The molecule has 3 rings (SSSR count). The molecule has 0 fully saturated rings. The molecule has 0 aliphatic carbocycles. The molecule has 0 saturated carbocycles. The first-order chi connectivity index (χ1) is 12.7. The zero-order valence-electron chi connectivity index (χ0n) is 16.0. The highest BCUT2D eigenvalue weighted by molar-refractivity contribution is 6.07. The highest BCUT2D eigenvalue weighted by Gasteiger charge is 2.16. The maximum absolute atomic E-state index is 12.7. The third-order valence-corrected chi connectivity index (χ3v) is 4.62. The summed E-state index contributed by atoms with van der Waals surface area (Å²) in [5.74, 6) is -0.240. The smallest absolute Gasteiger partial charge is 0.316 e. The standard InChI is InChI=1S/C20H22N4O3/c1-12-7-6-8-13(9-12)18(25)21-14-10-16-17(11-15(14)22(2)3)24(5)20(27)19(26)23(16)4/h6-11H,1-5H3,(H,21,25). The van der Waals surface area contributed by atoms with Crippen LogP contribution in [-0.4, -0.2) is 29.1 Å². The molecule has 1 heterocycles. The van der Waals surface area contributed by atoms with E-state index >= 15 is 0 Å². The fourth-order valence-electron chi connectivity index (χ4n) is 3.06. The second-order valence-electron chi connectivity index (χ2n) is 6.80. The number of anilines is 2. The van der Waals surface area contributed by atoms with Crippen LogP contribution < -0.4 is 21.3 Å². The third-order valence-electron chi connectivity index (χ3n) is 4.62. The van der Waals surface area contributed by atoms with Crippen LogP contribution in [-0.2, 0) is 14.1 Å². The first-order valence-corrected chi connectivity index (χ1v) is 8.50. The molecule has 0 unspecified atom stereocenters. The number of carbonyl (C=O) groups excluding carboxylic acids is 1. The minimum atomic E-state index is -0.612. The SMILES string of the molecule is Cc1cccc(C(=O)Nc2cc3c(cc2N(C)C)n(C)c(=O)c(=O)n3C)c1. The summed E-state index contributed by atoms with van der Waals surface area (Å²) in [6, 6.07) is 10.8. The van der Waals surface area contributed by atoms with Crippen molar-refractivity contribution in [1.29, 1.82) is 0 Å². The van der Waals surface area contributed by atoms with E-state index in [4.69, 9.17) is 0 Å². The molecule has 1 aromatic heterocycles. The molecule has 7 heteroatoms. The molecule has 3 aromatic rings. The number of fused-ring (bicyclic) bond motifs is 1. The molecule has 0 bridgehead atoms. The first-order valence-electron chi connectivity index (χ1n) is 8.50. The highest BCUT2D eigenvalue weighted by Crippen LogP contribution is 2.29. The van der Waals surface area contributed by atoms with Crippen LogP contribution in [0.1, 0.15) is 15.9 Å². The Bertz CT molecular complexity index is 1170. The lowest BCUT2D eigenvalue weighted by atomic mass is 10.1. The Kier molecular flexibility index (Phi) is 4.61. The fourth-order valence-corrected chi connectivity index (χ4v) is 3.06. The van der Waals surface area contributed by atoms with Crippen molar-refractivity contribution in [1.82, 2.24) is 9.13 Å². The van der Waals surface area contributed by atoms with Crippen molar-refractivity contribution in [3.8, 4) is 0 Å². The zero-order chi connectivity index (χ0) is 19.9. The van der Waals surface area contributed by atoms with Gasteiger partial charge in [-0.2, -0.15) is 0 Å². The van der Waals surface area contributed by atoms with Crippen LogP contribution in [0, 0.1) is 6.92 Å². The normalized spacial score (nSPS) is 10.9. The minimum Gasteiger partial charge on any atom is -0.376 e. The second kappa shape index (κ2) is 6.75. The maximum Gasteiger partial charge on any atom is 0.316 e. The molecular formula is C20H22N4O3. The third kappa shape index (κ3) is 3.23. The summed E-state index contributed by atoms with van der Waals surface area (Å²) >= 11 is 0. The Balaban J connectivity index is 2.20. The molecule has 0 atom stereocenters. The summed E-state index contributed by atoms with van der Waals surface area (Å²) in [6.45, 7) is 1.92. The Morgan fingerprint density at radius 1 is 0.963 bits per heavy atom. The topological polar surface area (TPSA) is 76.3 Å². The molecule has 1 amide bonds. The van der Waals surface area contributed by atoms with E-state index in [0.29, 0.717) is 22.3 Å². The number of amides is 1. The molecule has 0 aliphatic heterocycles. The second-order valence-corrected chi connectivity index (χ2v) is 6.80. The summed E-state index contributed by atoms with van der Waals surface area (Å²) in [5.41, 5.74) is 2.81. The summed E-state index contributed by atoms with van der Waals surface area (Å²) < 4.78 is 2.64. The maximum atomic E-state index is 12.7. The van der Waals surface area contributed by atoms with Gasteiger partial charge in [-0.3, -0.25) is 14.4 Å². The molecule has 0 aliphatic rings. The summed E-state index contributed by atoms with van der Waals surface area (Å²) in [4.78, 5) is 38.8. The van der Waals surface area contributed by atoms with Gasteiger partial charge in [0.15, 0.2) is 0 Å². The molecule has 27 heavy (non-hydrogen) atoms. The van der Waals surface area contributed by atoms with Crippen LogP contribution in [0.25, 0.3) is 11.0 Å². The van der Waals surface area contributed by atoms with E-state index in [-0.39, 0.29) is 5.91 Å². The Morgan fingerprint density at radius 3 is 2.11 bits per heavy atom. The summed E-state index contributed by atoms with van der Waals surface area (Å²) in [6.07, 6.45) is 0. The number of rotatable bonds is 3. The van der Waals surface area contributed by atoms with Crippen molar-refractivity contribution in [2.24, 2.45) is 14.1 Å². The predicted molar refractivity (Wildman–Crippen MR) is 108 cm³/mol. The lowest BCUT2D eigenvalue weighted by Crippen LogP contribution is -2.39. The Morgan fingerprint density at radius 2 is 1.56 bits per heavy atom. The number of nitrogens with one attached hydrogen (secondary N) is 1. The van der Waals surface area contributed by atoms with Gasteiger partial charge in [-0.05, 0) is 31.2 Å². The van der Waals surface area contributed by atoms with E-state index in [9.17, 15) is 14.4 Å². The molecule has 2 aromatic carbocycles. The van der Waals surface area contributed by atoms with Crippen LogP contribution in [0.15, 0.2) is 46.0 Å². The zero-order valence-corrected chi connectivity index (χ0v) is 16.0. The molecule has 0 saturated heterocycles. The number of aromatic nitrogens is 2. The van der Waals surface area contributed by atoms with Gasteiger partial charge < -0.3 is 19.4 Å². The van der Waals surface area contributed by atoms with Gasteiger partial charge in [-0.15, -0.1) is 0 Å². The lowest BCUT2D eigenvalue weighted by molar-refractivity contribution is 0.102. The number of hydrogen-bond donors (Lipinski definition) is 1. The minimum absolute atomic E-state index is 0.240. The lowest BCUT2D eigenvalue weighted by Gasteiger charge is -2.20. The van der Waals surface area contributed by atoms with Gasteiger partial charge in [0.25, 0.3) is 5.91 Å². The van der Waals surface area contributed by atoms with Gasteiger partial charge in [0.1, 0.15) is 0 Å². The van der Waals surface area contributed by atoms with Gasteiger partial charge >= 0.3 is 11.1 Å². The van der Waals surface area contributed by atoms with Crippen molar-refractivity contribution in [2.45, 2.75) is 6.92 Å². The van der Waals surface area contributed by atoms with Crippen molar-refractivity contribution in [3.05, 3.63) is 68.2 Å². The summed E-state index contributed by atoms with van der Waals surface area (Å²) in [5, 5.41) is 2.92. The Hall–Kier alpha value is -3.35. The first kappa shape index (κ1) is 18.4. The number of nitrogens with zero attached hydrogens (tertiary/aromatic N) is 3. The van der Waals surface area contributed by atoms with Crippen molar-refractivity contribution in [3.63, 3.8) is 0 Å². The van der Waals surface area contributed by atoms with E-state index in [1.165, 1.54) is 9.13 Å². The monoisotopic (exact) mass is 366 g/mol. The molecular weight excluding hydrogens is 344 g/mol. The fraction of sp³-hybridized carbons (Fsp3) is 0.250. The van der Waals surface area contributed by atoms with Gasteiger partial charge in [-0.1, -0.05) is 17.7 Å². The average molecular weight is 366 g/mol. The van der Waals surface area contributed by atoms with Crippen molar-refractivity contribution < 1.29 is 4.79 Å². The summed E-state index contributed by atoms with van der Waals surface area (Å²) in [7, 11) is 6.82. The van der Waals surface area contributed by atoms with E-state index in [2.05, 4.69) is 5.32 Å². The van der Waals surface area contributed by atoms with E-state index in [1.807, 2.05) is 44.1 Å². The van der Waals surface area contributed by atoms with E-state index in [0.717, 1.165) is 11.3 Å². The van der Waals surface area contributed by atoms with Crippen LogP contribution >= 0.6 is 0 Å². The number of aryl methyl sites for hydroxylation is 3. The van der Waals surface area contributed by atoms with Crippen LogP contribution in [0.3, 0.4) is 0 Å². The van der Waals surface area contributed by atoms with Crippen molar-refractivity contribution >= 4 is 28.3 Å². The van der Waals surface area contributed by atoms with Crippen LogP contribution in [0.2, 0.25) is 0 Å². The number of benzene rings is 2. The van der Waals surface area contributed by atoms with Crippen LogP contribution in [0.4, 0.5) is 11.4 Å². The largest absolute Gasteiger partial charge is 0.376 e. The quantitative estimate of drug-likeness (QED) is 0.718. The van der Waals surface area contributed by atoms with Gasteiger partial charge in [0.2, 0.25) is 0 Å². The van der Waals surface area contributed by atoms with Crippen LogP contribution in [0.5, 0.6) is 0 Å². The molecule has 0 radical (unpaired) electrons. The van der Waals surface area contributed by atoms with Gasteiger partial charge in [-0.25, -0.2) is 0 Å². The average Bonchev–Trinajstić information content (AvgIpc) is 2.64. The molecule has 7 nitrogen and oxygen atoms in total. The molecule has 0 spiro atoms. The number of carbonyl (C=O) groups is 1. The Labute approximate surface area is 156 Å². The van der Waals surface area contributed by atoms with Gasteiger partial charge in [0, 0.05) is 33.8 Å².